The Morgan fingerprint density at radius 2 is 2.10 bits per heavy atom. The van der Waals surface area contributed by atoms with Crippen LogP contribution in [0.25, 0.3) is 0 Å². The van der Waals surface area contributed by atoms with Gasteiger partial charge in [-0.1, -0.05) is 12.1 Å². The molecule has 2 saturated heterocycles. The van der Waals surface area contributed by atoms with Crippen LogP contribution in [0.15, 0.2) is 30.5 Å². The summed E-state index contributed by atoms with van der Waals surface area (Å²) in [4.78, 5) is 34.2. The molecule has 1 aliphatic carbocycles. The number of aryl methyl sites for hydroxylation is 1. The van der Waals surface area contributed by atoms with Gasteiger partial charge >= 0.3 is 6.03 Å². The molecule has 5 rings (SSSR count). The van der Waals surface area contributed by atoms with Crippen molar-refractivity contribution in [3.05, 3.63) is 47.3 Å². The number of nitrogens with two attached hydrogens (primary N) is 1. The van der Waals surface area contributed by atoms with E-state index >= 15 is 0 Å². The molecule has 0 spiro atoms. The highest BCUT2D eigenvalue weighted by atomic mass is 32.1. The van der Waals surface area contributed by atoms with E-state index in [2.05, 4.69) is 35.8 Å². The fourth-order valence-corrected chi connectivity index (χ4v) is 5.36. The third-order valence-corrected chi connectivity index (χ3v) is 7.40. The first kappa shape index (κ1) is 19.4. The first-order valence-corrected chi connectivity index (χ1v) is 11.3. The zero-order valence-electron chi connectivity index (χ0n) is 17.0. The summed E-state index contributed by atoms with van der Waals surface area (Å²) in [7, 11) is 0. The second kappa shape index (κ2) is 7.27. The minimum atomic E-state index is -0.645. The highest BCUT2D eigenvalue weighted by Crippen LogP contribution is 2.49. The highest BCUT2D eigenvalue weighted by molar-refractivity contribution is 7.15. The van der Waals surface area contributed by atoms with Crippen LogP contribution < -0.4 is 16.0 Å². The molecule has 157 valence electrons. The largest absolute Gasteiger partial charge is 0.368 e. The zero-order chi connectivity index (χ0) is 20.9. The summed E-state index contributed by atoms with van der Waals surface area (Å²) in [5.41, 5.74) is 7.80. The van der Waals surface area contributed by atoms with Gasteiger partial charge in [0.25, 0.3) is 0 Å². The number of thiazole rings is 1. The molecule has 2 aromatic rings. The number of urea groups is 1. The van der Waals surface area contributed by atoms with Crippen molar-refractivity contribution in [2.75, 3.05) is 23.3 Å². The SMILES string of the molecule is Cc1cnc(NCC2(c3ccc(N4C(=O)N5CCC[CH][C@@H]5C4C(N)=O)cc3)CC2)s1. The van der Waals surface area contributed by atoms with E-state index in [-0.39, 0.29) is 17.5 Å². The molecule has 0 bridgehead atoms. The van der Waals surface area contributed by atoms with Gasteiger partial charge in [0.05, 0.1) is 6.04 Å². The van der Waals surface area contributed by atoms with Gasteiger partial charge in [-0.15, -0.1) is 11.3 Å². The van der Waals surface area contributed by atoms with Crippen molar-refractivity contribution < 1.29 is 9.59 Å². The van der Waals surface area contributed by atoms with Gasteiger partial charge in [0.15, 0.2) is 5.13 Å². The number of anilines is 2. The van der Waals surface area contributed by atoms with Crippen LogP contribution in [-0.4, -0.2) is 47.0 Å². The number of nitrogens with zero attached hydrogens (tertiary/aromatic N) is 3. The van der Waals surface area contributed by atoms with Crippen molar-refractivity contribution in [1.29, 1.82) is 0 Å². The van der Waals surface area contributed by atoms with Gasteiger partial charge in [-0.05, 0) is 56.7 Å². The number of carbonyl (C=O) groups is 2. The van der Waals surface area contributed by atoms with E-state index in [0.29, 0.717) is 6.54 Å². The summed E-state index contributed by atoms with van der Waals surface area (Å²) >= 11 is 1.67. The molecule has 3 aliphatic rings. The van der Waals surface area contributed by atoms with Crippen molar-refractivity contribution >= 4 is 34.1 Å². The van der Waals surface area contributed by atoms with Crippen LogP contribution in [0.1, 0.15) is 36.1 Å². The normalized spacial score (nSPS) is 24.6. The number of piperidine rings is 1. The maximum atomic E-state index is 13.0. The predicted octanol–water partition coefficient (Wildman–Crippen LogP) is 3.06. The Balaban J connectivity index is 1.35. The van der Waals surface area contributed by atoms with E-state index in [0.717, 1.165) is 43.0 Å². The standard InChI is InChI=1S/C22H26N5O2S/c1-14-12-24-20(30-14)25-13-22(9-10-22)15-5-7-16(8-6-15)27-18(19(23)28)17-4-2-3-11-26(17)21(27)29/h4-8,12,17-18H,2-3,9-11,13H2,1H3,(H2,23,28)(H,24,25)/t17-,18?/m1/s1. The van der Waals surface area contributed by atoms with Gasteiger partial charge < -0.3 is 16.0 Å². The van der Waals surface area contributed by atoms with E-state index in [1.165, 1.54) is 10.4 Å². The quantitative estimate of drug-likeness (QED) is 0.746. The Morgan fingerprint density at radius 3 is 2.73 bits per heavy atom. The number of aromatic nitrogens is 1. The lowest BCUT2D eigenvalue weighted by molar-refractivity contribution is -0.119. The Bertz CT molecular complexity index is 968. The number of hydrogen-bond acceptors (Lipinski definition) is 5. The first-order chi connectivity index (χ1) is 14.5. The lowest BCUT2D eigenvalue weighted by Crippen LogP contribution is -2.48. The lowest BCUT2D eigenvalue weighted by Gasteiger charge is -2.29. The fraction of sp³-hybridized carbons (Fsp3) is 0.455. The zero-order valence-corrected chi connectivity index (χ0v) is 17.8. The molecule has 1 unspecified atom stereocenters. The molecular formula is C22H26N5O2S. The van der Waals surface area contributed by atoms with Crippen molar-refractivity contribution in [2.24, 2.45) is 5.73 Å². The van der Waals surface area contributed by atoms with Crippen LogP contribution in [-0.2, 0) is 10.2 Å². The molecule has 2 atom stereocenters. The van der Waals surface area contributed by atoms with Crippen molar-refractivity contribution in [2.45, 2.75) is 50.1 Å². The van der Waals surface area contributed by atoms with Crippen LogP contribution in [0.2, 0.25) is 0 Å². The van der Waals surface area contributed by atoms with Crippen LogP contribution >= 0.6 is 11.3 Å². The molecule has 3 amide bonds. The Kier molecular flexibility index (Phi) is 4.69. The first-order valence-electron chi connectivity index (χ1n) is 10.5. The average molecular weight is 425 g/mol. The van der Waals surface area contributed by atoms with Gasteiger partial charge in [-0.3, -0.25) is 9.69 Å². The van der Waals surface area contributed by atoms with E-state index in [4.69, 9.17) is 5.73 Å². The van der Waals surface area contributed by atoms with E-state index in [1.54, 1.807) is 21.1 Å². The second-order valence-electron chi connectivity index (χ2n) is 8.52. The third-order valence-electron chi connectivity index (χ3n) is 6.53. The van der Waals surface area contributed by atoms with Crippen molar-refractivity contribution in [3.63, 3.8) is 0 Å². The van der Waals surface area contributed by atoms with Gasteiger partial charge in [-0.2, -0.15) is 0 Å². The number of benzene rings is 1. The molecule has 7 nitrogen and oxygen atoms in total. The monoisotopic (exact) mass is 424 g/mol. The van der Waals surface area contributed by atoms with Gasteiger partial charge in [0, 0.05) is 35.3 Å². The van der Waals surface area contributed by atoms with Crippen LogP contribution in [0.3, 0.4) is 0 Å². The molecule has 1 aromatic carbocycles. The second-order valence-corrected chi connectivity index (χ2v) is 9.75. The molecule has 3 heterocycles. The van der Waals surface area contributed by atoms with Crippen LogP contribution in [0.4, 0.5) is 15.6 Å². The van der Waals surface area contributed by atoms with Gasteiger partial charge in [0.1, 0.15) is 6.04 Å². The molecule has 3 fully saturated rings. The van der Waals surface area contributed by atoms with E-state index < -0.39 is 11.9 Å². The summed E-state index contributed by atoms with van der Waals surface area (Å²) in [6, 6.07) is 7.07. The summed E-state index contributed by atoms with van der Waals surface area (Å²) in [6.07, 6.45) is 8.01. The predicted molar refractivity (Wildman–Crippen MR) is 118 cm³/mol. The number of fused-ring (bicyclic) bond motifs is 1. The Labute approximate surface area is 180 Å². The molecule has 30 heavy (non-hydrogen) atoms. The molecule has 2 aliphatic heterocycles. The number of hydrogen-bond donors (Lipinski definition) is 2. The fourth-order valence-electron chi connectivity index (χ4n) is 4.70. The van der Waals surface area contributed by atoms with E-state index in [9.17, 15) is 9.59 Å². The van der Waals surface area contributed by atoms with E-state index in [1.807, 2.05) is 18.3 Å². The van der Waals surface area contributed by atoms with Crippen molar-refractivity contribution in [1.82, 2.24) is 9.88 Å². The lowest BCUT2D eigenvalue weighted by atomic mass is 9.95. The highest BCUT2D eigenvalue weighted by Gasteiger charge is 2.50. The Hall–Kier alpha value is -2.61. The third kappa shape index (κ3) is 3.23. The number of rotatable bonds is 6. The summed E-state index contributed by atoms with van der Waals surface area (Å²) in [5, 5.41) is 4.42. The van der Waals surface area contributed by atoms with Crippen LogP contribution in [0.5, 0.6) is 0 Å². The van der Waals surface area contributed by atoms with Crippen LogP contribution in [0, 0.1) is 13.3 Å². The van der Waals surface area contributed by atoms with Crippen molar-refractivity contribution in [3.8, 4) is 0 Å². The maximum Gasteiger partial charge on any atom is 0.325 e. The molecule has 3 N–H and O–H groups in total. The minimum Gasteiger partial charge on any atom is -0.368 e. The Morgan fingerprint density at radius 1 is 1.33 bits per heavy atom. The minimum absolute atomic E-state index is 0.113. The topological polar surface area (TPSA) is 91.6 Å². The molecule has 1 aromatic heterocycles. The van der Waals surface area contributed by atoms with Gasteiger partial charge in [-0.25, -0.2) is 9.78 Å². The smallest absolute Gasteiger partial charge is 0.325 e. The molecule has 1 saturated carbocycles. The molecule has 8 heteroatoms. The summed E-state index contributed by atoms with van der Waals surface area (Å²) in [5.74, 6) is -0.459. The number of primary amides is 1. The molecule has 1 radical (unpaired) electrons. The number of amides is 3. The maximum absolute atomic E-state index is 13.0. The van der Waals surface area contributed by atoms with Gasteiger partial charge in [0.2, 0.25) is 5.91 Å². The number of carbonyl (C=O) groups excluding carboxylic acids is 2. The average Bonchev–Trinajstić information content (AvgIpc) is 3.33. The summed E-state index contributed by atoms with van der Waals surface area (Å²) in [6.45, 7) is 3.57. The number of nitrogens with one attached hydrogen (secondary N) is 1. The summed E-state index contributed by atoms with van der Waals surface area (Å²) < 4.78 is 0. The molecular weight excluding hydrogens is 398 g/mol.